The Morgan fingerprint density at radius 3 is 3.00 bits per heavy atom. The fourth-order valence-corrected chi connectivity index (χ4v) is 3.38. The Kier molecular flexibility index (Phi) is 5.48. The molecule has 0 bridgehead atoms. The van der Waals surface area contributed by atoms with Crippen molar-refractivity contribution < 1.29 is 10.0 Å². The maximum absolute atomic E-state index is 10.9. The van der Waals surface area contributed by atoms with Gasteiger partial charge in [-0.1, -0.05) is 0 Å². The van der Waals surface area contributed by atoms with Crippen LogP contribution in [0.3, 0.4) is 0 Å². The largest absolute Gasteiger partial charge is 0.397 e. The fraction of sp³-hybridized carbons (Fsp3) is 0.462. The molecule has 1 aliphatic heterocycles. The number of benzene rings is 1. The molecule has 1 heterocycles. The molecule has 1 aliphatic rings. The van der Waals surface area contributed by atoms with E-state index in [1.165, 1.54) is 6.07 Å². The molecule has 0 unspecified atom stereocenters. The number of nitrogens with zero attached hydrogens (tertiary/aromatic N) is 3. The lowest BCUT2D eigenvalue weighted by atomic mass is 9.46. The topological polar surface area (TPSA) is 90.4 Å². The molecule has 0 amide bonds. The Bertz CT molecular complexity index is 564. The van der Waals surface area contributed by atoms with E-state index in [9.17, 15) is 10.1 Å². The normalized spacial score (nSPS) is 13.4. The molecule has 0 aliphatic carbocycles. The molecule has 21 heavy (non-hydrogen) atoms. The highest BCUT2D eigenvalue weighted by molar-refractivity contribution is 7.99. The van der Waals surface area contributed by atoms with E-state index in [0.29, 0.717) is 19.2 Å². The van der Waals surface area contributed by atoms with E-state index in [1.807, 2.05) is 0 Å². The molecule has 0 saturated heterocycles. The first-order valence-corrected chi connectivity index (χ1v) is 7.81. The van der Waals surface area contributed by atoms with Crippen LogP contribution in [0.4, 0.5) is 11.4 Å². The van der Waals surface area contributed by atoms with E-state index in [0.717, 1.165) is 22.9 Å². The first-order chi connectivity index (χ1) is 10.2. The number of anilines is 1. The molecule has 0 aromatic heterocycles. The van der Waals surface area contributed by atoms with Crippen molar-refractivity contribution in [3.8, 4) is 5.97 Å². The summed E-state index contributed by atoms with van der Waals surface area (Å²) < 4.78 is 0. The van der Waals surface area contributed by atoms with Crippen LogP contribution in [0.15, 0.2) is 23.1 Å². The number of nitriles is 1. The summed E-state index contributed by atoms with van der Waals surface area (Å²) in [4.78, 5) is 13.7. The number of fused-ring (bicyclic) bond motifs is 1. The third-order valence-corrected chi connectivity index (χ3v) is 4.56. The highest BCUT2D eigenvalue weighted by Gasteiger charge is 2.22. The van der Waals surface area contributed by atoms with E-state index in [2.05, 4.69) is 10.9 Å². The number of non-ortho nitro benzene ring substituents is 1. The molecule has 110 valence electrons. The highest BCUT2D eigenvalue weighted by Crippen LogP contribution is 2.37. The Labute approximate surface area is 128 Å². The molecule has 2 rings (SSSR count). The summed E-state index contributed by atoms with van der Waals surface area (Å²) >= 11 is 1.69. The van der Waals surface area contributed by atoms with Gasteiger partial charge in [0.15, 0.2) is 0 Å². The van der Waals surface area contributed by atoms with Gasteiger partial charge in [-0.15, -0.1) is 11.8 Å². The molecule has 0 atom stereocenters. The van der Waals surface area contributed by atoms with Gasteiger partial charge in [0.05, 0.1) is 10.6 Å². The van der Waals surface area contributed by atoms with Crippen LogP contribution >= 0.6 is 11.8 Å². The molecule has 8 heteroatoms. The third-order valence-electron chi connectivity index (χ3n) is 3.52. The van der Waals surface area contributed by atoms with Crippen molar-refractivity contribution in [1.29, 1.82) is 5.26 Å². The lowest BCUT2D eigenvalue weighted by Gasteiger charge is -2.30. The Hall–Kier alpha value is -1.72. The molecular formula is C13H16BN3O3S. The molecule has 1 aromatic carbocycles. The smallest absolute Gasteiger partial charge is 0.271 e. The maximum Gasteiger partial charge on any atom is 0.271 e. The minimum Gasteiger partial charge on any atom is -0.397 e. The summed E-state index contributed by atoms with van der Waals surface area (Å²) in [6.07, 6.45) is 1.13. The molecule has 6 nitrogen and oxygen atoms in total. The van der Waals surface area contributed by atoms with Gasteiger partial charge in [-0.25, -0.2) is 5.26 Å². The van der Waals surface area contributed by atoms with Gasteiger partial charge < -0.3 is 10.0 Å². The summed E-state index contributed by atoms with van der Waals surface area (Å²) in [6, 6.07) is 4.92. The van der Waals surface area contributed by atoms with Gasteiger partial charge in [-0.3, -0.25) is 10.1 Å². The van der Waals surface area contributed by atoms with Gasteiger partial charge in [0.1, 0.15) is 0 Å². The number of aliphatic hydroxyl groups is 1. The summed E-state index contributed by atoms with van der Waals surface area (Å²) in [5.41, 5.74) is 0.967. The molecule has 1 aromatic rings. The minimum absolute atomic E-state index is 0.0101. The number of nitro groups is 1. The van der Waals surface area contributed by atoms with E-state index in [4.69, 9.17) is 10.4 Å². The van der Waals surface area contributed by atoms with E-state index in [-0.39, 0.29) is 23.9 Å². The number of aliphatic hydroxyl groups excluding tert-OH is 1. The first kappa shape index (κ1) is 15.7. The van der Waals surface area contributed by atoms with E-state index < -0.39 is 0 Å². The first-order valence-electron chi connectivity index (χ1n) is 6.82. The van der Waals surface area contributed by atoms with Crippen molar-refractivity contribution in [2.45, 2.75) is 17.5 Å². The van der Waals surface area contributed by atoms with Crippen molar-refractivity contribution in [2.24, 2.45) is 0 Å². The second kappa shape index (κ2) is 7.34. The zero-order valence-electron chi connectivity index (χ0n) is 11.6. The maximum atomic E-state index is 10.9. The van der Waals surface area contributed by atoms with E-state index in [1.54, 1.807) is 23.9 Å². The Morgan fingerprint density at radius 2 is 2.33 bits per heavy atom. The zero-order chi connectivity index (χ0) is 15.2. The van der Waals surface area contributed by atoms with Gasteiger partial charge >= 0.3 is 0 Å². The van der Waals surface area contributed by atoms with Crippen molar-refractivity contribution in [2.75, 3.05) is 30.3 Å². The third kappa shape index (κ3) is 3.89. The van der Waals surface area contributed by atoms with Crippen LogP contribution < -0.4 is 4.90 Å². The fourth-order valence-electron chi connectivity index (χ4n) is 2.35. The van der Waals surface area contributed by atoms with Crippen LogP contribution in [-0.4, -0.2) is 42.2 Å². The molecule has 0 radical (unpaired) electrons. The van der Waals surface area contributed by atoms with Gasteiger partial charge in [0, 0.05) is 48.4 Å². The van der Waals surface area contributed by atoms with Gasteiger partial charge in [0.25, 0.3) is 12.4 Å². The summed E-state index contributed by atoms with van der Waals surface area (Å²) in [5.74, 6) is 3.13. The standard InChI is InChI=1S/C13H16BN3O3S/c15-10-14(4-7-18)3-5-16-6-8-21-13-2-1-11(17(19)20)9-12(13)16/h1-2,9,18H,3-8H2. The quantitative estimate of drug-likeness (QED) is 0.491. The van der Waals surface area contributed by atoms with Crippen LogP contribution in [0.5, 0.6) is 0 Å². The Morgan fingerprint density at radius 1 is 1.52 bits per heavy atom. The summed E-state index contributed by atoms with van der Waals surface area (Å²) in [7, 11) is 0. The van der Waals surface area contributed by atoms with Crippen LogP contribution in [0.25, 0.3) is 0 Å². The SMILES string of the molecule is N#CB(CCO)CCN1CCSc2ccc([N+](=O)[O-])cc21. The van der Waals surface area contributed by atoms with Crippen LogP contribution in [0.2, 0.25) is 12.6 Å². The number of thioether (sulfide) groups is 1. The van der Waals surface area contributed by atoms with Gasteiger partial charge in [0.2, 0.25) is 0 Å². The number of hydrogen-bond donors (Lipinski definition) is 1. The van der Waals surface area contributed by atoms with Crippen LogP contribution in [-0.2, 0) is 0 Å². The number of nitro benzene ring substituents is 1. The monoisotopic (exact) mass is 305 g/mol. The average molecular weight is 305 g/mol. The number of hydrogen-bond acceptors (Lipinski definition) is 6. The second-order valence-electron chi connectivity index (χ2n) is 4.87. The lowest BCUT2D eigenvalue weighted by molar-refractivity contribution is -0.384. The predicted molar refractivity (Wildman–Crippen MR) is 84.1 cm³/mol. The highest BCUT2D eigenvalue weighted by atomic mass is 32.2. The summed E-state index contributed by atoms with van der Waals surface area (Å²) in [6.45, 7) is 1.32. The molecule has 1 N–H and O–H groups in total. The number of rotatable bonds is 6. The predicted octanol–water partition coefficient (Wildman–Crippen LogP) is 2.06. The van der Waals surface area contributed by atoms with Crippen LogP contribution in [0, 0.1) is 21.3 Å². The summed E-state index contributed by atoms with van der Waals surface area (Å²) in [5, 5.41) is 28.8. The molecule has 0 spiro atoms. The second-order valence-corrected chi connectivity index (χ2v) is 6.01. The molecule has 0 saturated carbocycles. The van der Waals surface area contributed by atoms with E-state index >= 15 is 0 Å². The van der Waals surface area contributed by atoms with Crippen molar-refractivity contribution in [1.82, 2.24) is 0 Å². The van der Waals surface area contributed by atoms with Crippen molar-refractivity contribution in [3.05, 3.63) is 28.3 Å². The zero-order valence-corrected chi connectivity index (χ0v) is 12.4. The minimum atomic E-state index is -0.387. The van der Waals surface area contributed by atoms with Crippen molar-refractivity contribution in [3.63, 3.8) is 0 Å². The van der Waals surface area contributed by atoms with Gasteiger partial charge in [-0.05, 0) is 18.7 Å². The Balaban J connectivity index is 2.11. The van der Waals surface area contributed by atoms with Gasteiger partial charge in [-0.2, -0.15) is 0 Å². The molecule has 0 fully saturated rings. The lowest BCUT2D eigenvalue weighted by Crippen LogP contribution is -2.32. The average Bonchev–Trinajstić information content (AvgIpc) is 2.50. The molecular weight excluding hydrogens is 289 g/mol. The van der Waals surface area contributed by atoms with Crippen molar-refractivity contribution >= 4 is 29.8 Å². The van der Waals surface area contributed by atoms with Crippen LogP contribution in [0.1, 0.15) is 0 Å².